The number of benzene rings is 1. The number of piperidine rings is 1. The number of halogens is 1. The molecule has 0 atom stereocenters. The minimum Gasteiger partial charge on any atom is -0.483 e. The summed E-state index contributed by atoms with van der Waals surface area (Å²) in [4.78, 5) is 24.9. The smallest absolute Gasteiger partial charge is 0.339 e. The molecule has 2 rings (SSSR count). The second-order valence-electron chi connectivity index (χ2n) is 4.68. The molecule has 1 heterocycles. The molecule has 20 heavy (non-hydrogen) atoms. The van der Waals surface area contributed by atoms with Gasteiger partial charge in [0.05, 0.1) is 0 Å². The van der Waals surface area contributed by atoms with Gasteiger partial charge in [0, 0.05) is 16.7 Å². The molecule has 0 spiro atoms. The van der Waals surface area contributed by atoms with E-state index in [0.717, 1.165) is 35.9 Å². The van der Waals surface area contributed by atoms with Crippen molar-refractivity contribution in [1.29, 1.82) is 0 Å². The van der Waals surface area contributed by atoms with Crippen LogP contribution in [0.3, 0.4) is 0 Å². The molecule has 0 aromatic heterocycles. The van der Waals surface area contributed by atoms with Gasteiger partial charge in [-0.15, -0.1) is 0 Å². The molecule has 5 nitrogen and oxygen atoms in total. The lowest BCUT2D eigenvalue weighted by Gasteiger charge is -2.26. The minimum atomic E-state index is -1.05. The average molecular weight is 389 g/mol. The lowest BCUT2D eigenvalue weighted by molar-refractivity contribution is -0.134. The van der Waals surface area contributed by atoms with Crippen molar-refractivity contribution < 1.29 is 19.4 Å². The van der Waals surface area contributed by atoms with E-state index in [1.165, 1.54) is 6.07 Å². The molecule has 6 heteroatoms. The van der Waals surface area contributed by atoms with Gasteiger partial charge in [0.25, 0.3) is 5.91 Å². The molecule has 1 fully saturated rings. The molecule has 1 aliphatic rings. The number of aromatic carboxylic acids is 1. The van der Waals surface area contributed by atoms with Gasteiger partial charge in [0.15, 0.2) is 6.61 Å². The Morgan fingerprint density at radius 3 is 2.60 bits per heavy atom. The Labute approximate surface area is 131 Å². The third kappa shape index (κ3) is 3.84. The van der Waals surface area contributed by atoms with Crippen molar-refractivity contribution in [2.45, 2.75) is 19.3 Å². The maximum atomic E-state index is 12.0. The van der Waals surface area contributed by atoms with Gasteiger partial charge in [-0.1, -0.05) is 0 Å². The van der Waals surface area contributed by atoms with E-state index in [1.807, 2.05) is 22.6 Å². The van der Waals surface area contributed by atoms with Crippen LogP contribution in [0.2, 0.25) is 0 Å². The van der Waals surface area contributed by atoms with Gasteiger partial charge >= 0.3 is 5.97 Å². The van der Waals surface area contributed by atoms with Crippen LogP contribution >= 0.6 is 22.6 Å². The molecule has 1 amide bonds. The van der Waals surface area contributed by atoms with Crippen LogP contribution < -0.4 is 4.74 Å². The van der Waals surface area contributed by atoms with Crippen LogP contribution in [0.15, 0.2) is 18.2 Å². The molecular formula is C14H16INO4. The molecule has 1 aromatic rings. The van der Waals surface area contributed by atoms with E-state index >= 15 is 0 Å². The van der Waals surface area contributed by atoms with Gasteiger partial charge in [-0.25, -0.2) is 4.79 Å². The molecule has 0 bridgehead atoms. The lowest BCUT2D eigenvalue weighted by atomic mass is 10.1. The maximum absolute atomic E-state index is 12.0. The summed E-state index contributed by atoms with van der Waals surface area (Å²) in [6, 6.07) is 4.88. The number of carbonyl (C=O) groups is 2. The third-order valence-electron chi connectivity index (χ3n) is 3.23. The summed E-state index contributed by atoms with van der Waals surface area (Å²) < 4.78 is 6.21. The first-order valence-electron chi connectivity index (χ1n) is 6.51. The van der Waals surface area contributed by atoms with Crippen LogP contribution in [0.1, 0.15) is 29.6 Å². The van der Waals surface area contributed by atoms with E-state index in [4.69, 9.17) is 9.84 Å². The Morgan fingerprint density at radius 2 is 1.95 bits per heavy atom. The largest absolute Gasteiger partial charge is 0.483 e. The zero-order valence-electron chi connectivity index (χ0n) is 11.0. The summed E-state index contributed by atoms with van der Waals surface area (Å²) in [7, 11) is 0. The molecule has 0 aliphatic carbocycles. The SMILES string of the molecule is O=C(O)c1cc(I)ccc1OCC(=O)N1CCCCC1. The fourth-order valence-electron chi connectivity index (χ4n) is 2.17. The van der Waals surface area contributed by atoms with Crippen LogP contribution in [0.25, 0.3) is 0 Å². The maximum Gasteiger partial charge on any atom is 0.339 e. The van der Waals surface area contributed by atoms with Gasteiger partial charge in [-0.3, -0.25) is 4.79 Å². The van der Waals surface area contributed by atoms with E-state index in [-0.39, 0.29) is 23.8 Å². The number of hydrogen-bond donors (Lipinski definition) is 1. The Bertz CT molecular complexity index is 512. The molecule has 0 saturated carbocycles. The Kier molecular flexibility index (Phi) is 5.22. The van der Waals surface area contributed by atoms with Crippen molar-refractivity contribution in [1.82, 2.24) is 4.90 Å². The highest BCUT2D eigenvalue weighted by atomic mass is 127. The van der Waals surface area contributed by atoms with Crippen LogP contribution in [0.4, 0.5) is 0 Å². The summed E-state index contributed by atoms with van der Waals surface area (Å²) in [6.07, 6.45) is 3.20. The van der Waals surface area contributed by atoms with Crippen molar-refractivity contribution in [3.63, 3.8) is 0 Å². The predicted molar refractivity (Wildman–Crippen MR) is 82.0 cm³/mol. The van der Waals surface area contributed by atoms with E-state index < -0.39 is 5.97 Å². The lowest BCUT2D eigenvalue weighted by Crippen LogP contribution is -2.38. The first-order valence-corrected chi connectivity index (χ1v) is 7.59. The molecule has 1 aliphatic heterocycles. The third-order valence-corrected chi connectivity index (χ3v) is 3.90. The number of carbonyl (C=O) groups excluding carboxylic acids is 1. The highest BCUT2D eigenvalue weighted by molar-refractivity contribution is 14.1. The van der Waals surface area contributed by atoms with E-state index in [0.29, 0.717) is 0 Å². The van der Waals surface area contributed by atoms with Gasteiger partial charge in [-0.05, 0) is 60.1 Å². The number of hydrogen-bond acceptors (Lipinski definition) is 3. The van der Waals surface area contributed by atoms with E-state index in [9.17, 15) is 9.59 Å². The molecule has 108 valence electrons. The molecule has 0 radical (unpaired) electrons. The second kappa shape index (κ2) is 6.92. The summed E-state index contributed by atoms with van der Waals surface area (Å²) in [5.41, 5.74) is 0.0864. The summed E-state index contributed by atoms with van der Waals surface area (Å²) in [5, 5.41) is 9.13. The standard InChI is InChI=1S/C14H16INO4/c15-10-4-5-12(11(8-10)14(18)19)20-9-13(17)16-6-2-1-3-7-16/h4-5,8H,1-3,6-7,9H2,(H,18,19). The number of rotatable bonds is 4. The highest BCUT2D eigenvalue weighted by Gasteiger charge is 2.18. The Hall–Kier alpha value is -1.31. The Balaban J connectivity index is 1.99. The first-order chi connectivity index (χ1) is 9.58. The number of nitrogens with zero attached hydrogens (tertiary/aromatic N) is 1. The normalized spacial score (nSPS) is 14.9. The van der Waals surface area contributed by atoms with Gasteiger partial charge in [0.2, 0.25) is 0 Å². The number of amides is 1. The molecular weight excluding hydrogens is 373 g/mol. The summed E-state index contributed by atoms with van der Waals surface area (Å²) in [5.74, 6) is -0.896. The monoisotopic (exact) mass is 389 g/mol. The van der Waals surface area contributed by atoms with Crippen molar-refractivity contribution in [2.75, 3.05) is 19.7 Å². The van der Waals surface area contributed by atoms with Crippen LogP contribution in [-0.4, -0.2) is 41.6 Å². The first kappa shape index (κ1) is 15.1. The fourth-order valence-corrected chi connectivity index (χ4v) is 2.66. The summed E-state index contributed by atoms with van der Waals surface area (Å²) in [6.45, 7) is 1.42. The molecule has 1 saturated heterocycles. The summed E-state index contributed by atoms with van der Waals surface area (Å²) >= 11 is 2.04. The number of ether oxygens (including phenoxy) is 1. The zero-order valence-corrected chi connectivity index (χ0v) is 13.1. The van der Waals surface area contributed by atoms with Gasteiger partial charge in [0.1, 0.15) is 11.3 Å². The molecule has 0 unspecified atom stereocenters. The quantitative estimate of drug-likeness (QED) is 0.804. The fraction of sp³-hybridized carbons (Fsp3) is 0.429. The van der Waals surface area contributed by atoms with Crippen LogP contribution in [0, 0.1) is 3.57 Å². The van der Waals surface area contributed by atoms with Gasteiger partial charge < -0.3 is 14.7 Å². The number of carboxylic acids is 1. The van der Waals surface area contributed by atoms with Crippen LogP contribution in [-0.2, 0) is 4.79 Å². The number of likely N-dealkylation sites (tertiary alicyclic amines) is 1. The van der Waals surface area contributed by atoms with Crippen molar-refractivity contribution in [3.05, 3.63) is 27.3 Å². The zero-order chi connectivity index (χ0) is 14.5. The topological polar surface area (TPSA) is 66.8 Å². The predicted octanol–water partition coefficient (Wildman–Crippen LogP) is 2.38. The van der Waals surface area contributed by atoms with Crippen molar-refractivity contribution in [2.24, 2.45) is 0 Å². The Morgan fingerprint density at radius 1 is 1.25 bits per heavy atom. The average Bonchev–Trinajstić information content (AvgIpc) is 2.46. The van der Waals surface area contributed by atoms with Gasteiger partial charge in [-0.2, -0.15) is 0 Å². The van der Waals surface area contributed by atoms with E-state index in [1.54, 1.807) is 17.0 Å². The van der Waals surface area contributed by atoms with E-state index in [2.05, 4.69) is 0 Å². The van der Waals surface area contributed by atoms with Crippen molar-refractivity contribution in [3.8, 4) is 5.75 Å². The second-order valence-corrected chi connectivity index (χ2v) is 5.92. The number of carboxylic acid groups (broad SMARTS) is 1. The highest BCUT2D eigenvalue weighted by Crippen LogP contribution is 2.21. The van der Waals surface area contributed by atoms with Crippen molar-refractivity contribution >= 4 is 34.5 Å². The minimum absolute atomic E-state index is 0.0837. The molecule has 1 aromatic carbocycles. The van der Waals surface area contributed by atoms with Crippen LogP contribution in [0.5, 0.6) is 5.75 Å². The molecule has 1 N–H and O–H groups in total.